The van der Waals surface area contributed by atoms with Crippen molar-refractivity contribution in [3.63, 3.8) is 0 Å². The molecule has 0 spiro atoms. The average molecular weight is 400 g/mol. The molecule has 7 nitrogen and oxygen atoms in total. The Morgan fingerprint density at radius 3 is 2.82 bits per heavy atom. The van der Waals surface area contributed by atoms with Crippen molar-refractivity contribution in [2.75, 3.05) is 10.6 Å². The molecule has 0 radical (unpaired) electrons. The molecule has 0 aliphatic heterocycles. The van der Waals surface area contributed by atoms with Gasteiger partial charge in [-0.2, -0.15) is 0 Å². The monoisotopic (exact) mass is 399 g/mol. The summed E-state index contributed by atoms with van der Waals surface area (Å²) < 4.78 is 5.77. The molecule has 0 fully saturated rings. The van der Waals surface area contributed by atoms with Crippen LogP contribution in [0.3, 0.4) is 0 Å². The topological polar surface area (TPSA) is 102 Å². The highest BCUT2D eigenvalue weighted by molar-refractivity contribution is 7.16. The van der Waals surface area contributed by atoms with E-state index in [-0.39, 0.29) is 11.4 Å². The second kappa shape index (κ2) is 9.70. The number of pyridine rings is 1. The van der Waals surface area contributed by atoms with Gasteiger partial charge in [0.25, 0.3) is 0 Å². The Bertz CT molecular complexity index is 872. The van der Waals surface area contributed by atoms with Crippen LogP contribution >= 0.6 is 11.3 Å². The Morgan fingerprint density at radius 2 is 2.18 bits per heavy atom. The summed E-state index contributed by atoms with van der Waals surface area (Å²) in [7, 11) is 0. The highest BCUT2D eigenvalue weighted by Crippen LogP contribution is 2.31. The standard InChI is InChI=1S/C20H25N5O2S/c1-5-20(3,4)17(11-21)27-14(2)8-9-16-13-23-19(28-16)25-18(26)24-15-7-6-10-22-12-15/h6-13H,2,5,21H2,1,3-4H3,(H2,23,24,25,26)/b9-8+,17-11-. The zero-order valence-electron chi connectivity index (χ0n) is 16.2. The molecule has 0 aliphatic rings. The molecule has 2 rings (SSSR count). The molecule has 8 heteroatoms. The molecule has 2 aromatic heterocycles. The zero-order chi connectivity index (χ0) is 20.6. The summed E-state index contributed by atoms with van der Waals surface area (Å²) in [6.07, 6.45) is 10.8. The van der Waals surface area contributed by atoms with E-state index in [0.29, 0.717) is 22.3 Å². The Hall–Kier alpha value is -3.13. The third kappa shape index (κ3) is 6.24. The second-order valence-electron chi connectivity index (χ2n) is 6.56. The number of hydrogen-bond donors (Lipinski definition) is 3. The molecule has 0 saturated carbocycles. The van der Waals surface area contributed by atoms with Crippen LogP contribution in [0, 0.1) is 5.41 Å². The van der Waals surface area contributed by atoms with Crippen molar-refractivity contribution in [1.82, 2.24) is 9.97 Å². The van der Waals surface area contributed by atoms with Gasteiger partial charge in [-0.15, -0.1) is 0 Å². The van der Waals surface area contributed by atoms with Gasteiger partial charge in [0.05, 0.1) is 11.9 Å². The zero-order valence-corrected chi connectivity index (χ0v) is 17.0. The summed E-state index contributed by atoms with van der Waals surface area (Å²) >= 11 is 1.33. The second-order valence-corrected chi connectivity index (χ2v) is 7.62. The van der Waals surface area contributed by atoms with Crippen LogP contribution in [0.15, 0.2) is 61.1 Å². The van der Waals surface area contributed by atoms with Gasteiger partial charge in [-0.1, -0.05) is 38.7 Å². The van der Waals surface area contributed by atoms with Crippen LogP contribution in [-0.4, -0.2) is 16.0 Å². The lowest BCUT2D eigenvalue weighted by atomic mass is 9.88. The van der Waals surface area contributed by atoms with E-state index in [1.165, 1.54) is 17.5 Å². The SMILES string of the molecule is C=C(/C=C/c1cnc(NC(=O)Nc2cccnc2)s1)O/C(=C\N)C(C)(C)CC. The smallest absolute Gasteiger partial charge is 0.325 e. The Balaban J connectivity index is 1.91. The van der Waals surface area contributed by atoms with Crippen LogP contribution in [0.2, 0.25) is 0 Å². The Kier molecular flexibility index (Phi) is 7.34. The molecular weight excluding hydrogens is 374 g/mol. The number of ether oxygens (including phenoxy) is 1. The molecule has 0 unspecified atom stereocenters. The summed E-state index contributed by atoms with van der Waals surface area (Å²) in [5, 5.41) is 5.84. The van der Waals surface area contributed by atoms with Crippen LogP contribution < -0.4 is 16.4 Å². The first-order chi connectivity index (χ1) is 13.3. The number of urea groups is 1. The summed E-state index contributed by atoms with van der Waals surface area (Å²) in [6, 6.07) is 3.10. The first-order valence-corrected chi connectivity index (χ1v) is 9.56. The molecule has 2 amide bonds. The van der Waals surface area contributed by atoms with E-state index in [4.69, 9.17) is 10.5 Å². The Morgan fingerprint density at radius 1 is 1.39 bits per heavy atom. The number of rotatable bonds is 8. The lowest BCUT2D eigenvalue weighted by Gasteiger charge is -2.25. The van der Waals surface area contributed by atoms with E-state index in [0.717, 1.165) is 11.3 Å². The highest BCUT2D eigenvalue weighted by Gasteiger charge is 2.23. The molecule has 0 aliphatic carbocycles. The highest BCUT2D eigenvalue weighted by atomic mass is 32.1. The van der Waals surface area contributed by atoms with Gasteiger partial charge in [0.15, 0.2) is 5.13 Å². The van der Waals surface area contributed by atoms with Crippen LogP contribution in [0.5, 0.6) is 0 Å². The fraction of sp³-hybridized carbons (Fsp3) is 0.250. The van der Waals surface area contributed by atoms with E-state index < -0.39 is 0 Å². The number of hydrogen-bond acceptors (Lipinski definition) is 6. The van der Waals surface area contributed by atoms with Gasteiger partial charge in [0.1, 0.15) is 11.5 Å². The first kappa shape index (κ1) is 21.2. The first-order valence-electron chi connectivity index (χ1n) is 8.75. The predicted molar refractivity (Wildman–Crippen MR) is 115 cm³/mol. The van der Waals surface area contributed by atoms with Crippen LogP contribution in [0.25, 0.3) is 6.08 Å². The number of carbonyl (C=O) groups excluding carboxylic acids is 1. The summed E-state index contributed by atoms with van der Waals surface area (Å²) in [4.78, 5) is 20.9. The molecule has 0 saturated heterocycles. The van der Waals surface area contributed by atoms with Crippen LogP contribution in [-0.2, 0) is 4.74 Å². The van der Waals surface area contributed by atoms with E-state index in [1.54, 1.807) is 36.8 Å². The number of nitrogens with two attached hydrogens (primary N) is 1. The van der Waals surface area contributed by atoms with Crippen molar-refractivity contribution in [2.24, 2.45) is 11.1 Å². The van der Waals surface area contributed by atoms with Gasteiger partial charge in [0, 0.05) is 28.9 Å². The number of allylic oxidation sites excluding steroid dienone is 2. The van der Waals surface area contributed by atoms with Gasteiger partial charge >= 0.3 is 6.03 Å². The fourth-order valence-corrected chi connectivity index (χ4v) is 2.75. The van der Waals surface area contributed by atoms with Crippen molar-refractivity contribution in [3.05, 3.63) is 66.0 Å². The minimum atomic E-state index is -0.384. The maximum absolute atomic E-state index is 12.0. The predicted octanol–water partition coefficient (Wildman–Crippen LogP) is 4.96. The third-order valence-corrected chi connectivity index (χ3v) is 4.92. The number of anilines is 2. The normalized spacial score (nSPS) is 12.0. The van der Waals surface area contributed by atoms with Gasteiger partial charge in [-0.05, 0) is 30.7 Å². The largest absolute Gasteiger partial charge is 0.460 e. The summed E-state index contributed by atoms with van der Waals surface area (Å²) in [5.41, 5.74) is 6.11. The molecule has 0 aromatic carbocycles. The molecule has 2 heterocycles. The molecule has 0 bridgehead atoms. The summed E-state index contributed by atoms with van der Waals surface area (Å²) in [6.45, 7) is 10.1. The van der Waals surface area contributed by atoms with Gasteiger partial charge < -0.3 is 15.8 Å². The number of nitrogens with one attached hydrogen (secondary N) is 2. The average Bonchev–Trinajstić information content (AvgIpc) is 3.12. The van der Waals surface area contributed by atoms with Crippen LogP contribution in [0.1, 0.15) is 32.1 Å². The van der Waals surface area contributed by atoms with E-state index >= 15 is 0 Å². The molecule has 0 atom stereocenters. The molecule has 2 aromatic rings. The molecular formula is C20H25N5O2S. The third-order valence-electron chi connectivity index (χ3n) is 4.04. The van der Waals surface area contributed by atoms with Crippen molar-refractivity contribution in [1.29, 1.82) is 0 Å². The van der Waals surface area contributed by atoms with E-state index in [2.05, 4.69) is 48.0 Å². The lowest BCUT2D eigenvalue weighted by molar-refractivity contribution is 0.208. The summed E-state index contributed by atoms with van der Waals surface area (Å²) in [5.74, 6) is 1.14. The van der Waals surface area contributed by atoms with Gasteiger partial charge in [-0.3, -0.25) is 10.3 Å². The van der Waals surface area contributed by atoms with Crippen molar-refractivity contribution >= 4 is 34.3 Å². The maximum Gasteiger partial charge on any atom is 0.325 e. The molecule has 148 valence electrons. The number of carbonyl (C=O) groups is 1. The molecule has 28 heavy (non-hydrogen) atoms. The van der Waals surface area contributed by atoms with Crippen molar-refractivity contribution in [3.8, 4) is 0 Å². The van der Waals surface area contributed by atoms with Crippen LogP contribution in [0.4, 0.5) is 15.6 Å². The lowest BCUT2D eigenvalue weighted by Crippen LogP contribution is -2.19. The fourth-order valence-electron chi connectivity index (χ4n) is 2.04. The quantitative estimate of drug-likeness (QED) is 0.430. The van der Waals surface area contributed by atoms with E-state index in [1.807, 2.05) is 6.08 Å². The van der Waals surface area contributed by atoms with Gasteiger partial charge in [-0.25, -0.2) is 9.78 Å². The number of amides is 2. The molecule has 4 N–H and O–H groups in total. The number of thiazole rings is 1. The van der Waals surface area contributed by atoms with E-state index in [9.17, 15) is 4.79 Å². The minimum Gasteiger partial charge on any atom is -0.460 e. The number of aromatic nitrogens is 2. The maximum atomic E-state index is 12.0. The Labute approximate surface area is 169 Å². The van der Waals surface area contributed by atoms with Crippen molar-refractivity contribution < 1.29 is 9.53 Å². The van der Waals surface area contributed by atoms with Gasteiger partial charge in [0.2, 0.25) is 0 Å². The van der Waals surface area contributed by atoms with Crippen molar-refractivity contribution in [2.45, 2.75) is 27.2 Å². The number of nitrogens with zero attached hydrogens (tertiary/aromatic N) is 2. The minimum absolute atomic E-state index is 0.172.